The molecule has 1 heterocycles. The summed E-state index contributed by atoms with van der Waals surface area (Å²) in [5.41, 5.74) is 0.752. The maximum atomic E-state index is 11.4. The summed E-state index contributed by atoms with van der Waals surface area (Å²) in [6.07, 6.45) is 20.9. The zero-order valence-corrected chi connectivity index (χ0v) is 15.2. The molecule has 22 heavy (non-hydrogen) atoms. The van der Waals surface area contributed by atoms with Crippen molar-refractivity contribution in [2.24, 2.45) is 5.92 Å². The van der Waals surface area contributed by atoms with Crippen molar-refractivity contribution in [3.8, 4) is 0 Å². The van der Waals surface area contributed by atoms with E-state index in [-0.39, 0.29) is 7.92 Å². The minimum atomic E-state index is -0.543. The number of hydrogen-bond donors (Lipinski definition) is 1. The highest BCUT2D eigenvalue weighted by molar-refractivity contribution is 7.59. The molecule has 2 rings (SSSR count). The normalized spacial score (nSPS) is 30.2. The van der Waals surface area contributed by atoms with Gasteiger partial charge in [0.05, 0.1) is 6.16 Å². The third kappa shape index (κ3) is 6.57. The number of aliphatic carboxylic acids is 1. The van der Waals surface area contributed by atoms with Gasteiger partial charge in [-0.15, -0.1) is 0 Å². The molecule has 0 bridgehead atoms. The van der Waals surface area contributed by atoms with Gasteiger partial charge in [-0.3, -0.25) is 4.79 Å². The molecule has 1 N–H and O–H groups in total. The van der Waals surface area contributed by atoms with Crippen LogP contribution in [0.5, 0.6) is 0 Å². The Morgan fingerprint density at radius 1 is 0.773 bits per heavy atom. The minimum absolute atomic E-state index is 0.287. The van der Waals surface area contributed by atoms with Crippen LogP contribution >= 0.6 is 7.92 Å². The molecule has 2 aliphatic rings. The molecule has 2 atom stereocenters. The van der Waals surface area contributed by atoms with E-state index >= 15 is 0 Å². The zero-order valence-electron chi connectivity index (χ0n) is 14.3. The largest absolute Gasteiger partial charge is 0.481 e. The number of hydrogen-bond acceptors (Lipinski definition) is 1. The molecule has 1 aliphatic carbocycles. The molecule has 3 heteroatoms. The van der Waals surface area contributed by atoms with Gasteiger partial charge in [0, 0.05) is 0 Å². The molecule has 1 aliphatic heterocycles. The lowest BCUT2D eigenvalue weighted by Gasteiger charge is -2.34. The number of rotatable bonds is 3. The summed E-state index contributed by atoms with van der Waals surface area (Å²) in [5.74, 6) is 0.292. The van der Waals surface area contributed by atoms with Crippen LogP contribution in [0.4, 0.5) is 0 Å². The van der Waals surface area contributed by atoms with Crippen LogP contribution in [0.3, 0.4) is 0 Å². The third-order valence-electron chi connectivity index (χ3n) is 5.70. The summed E-state index contributed by atoms with van der Waals surface area (Å²) in [7, 11) is -0.287. The van der Waals surface area contributed by atoms with Crippen molar-refractivity contribution in [3.05, 3.63) is 0 Å². The molecule has 0 amide bonds. The molecule has 2 nitrogen and oxygen atoms in total. The van der Waals surface area contributed by atoms with Crippen LogP contribution in [0.25, 0.3) is 0 Å². The highest BCUT2D eigenvalue weighted by Gasteiger charge is 2.30. The Morgan fingerprint density at radius 3 is 1.86 bits per heavy atom. The topological polar surface area (TPSA) is 37.3 Å². The molecule has 0 spiro atoms. The smallest absolute Gasteiger partial charge is 0.307 e. The van der Waals surface area contributed by atoms with Gasteiger partial charge in [-0.2, -0.15) is 0 Å². The maximum Gasteiger partial charge on any atom is 0.307 e. The second-order valence-corrected chi connectivity index (χ2v) is 10.1. The van der Waals surface area contributed by atoms with Crippen molar-refractivity contribution in [2.75, 3.05) is 12.3 Å². The fourth-order valence-corrected chi connectivity index (χ4v) is 7.64. The summed E-state index contributed by atoms with van der Waals surface area (Å²) in [5, 5.41) is 9.38. The lowest BCUT2D eigenvalue weighted by atomic mass is 9.90. The highest BCUT2D eigenvalue weighted by atomic mass is 31.1. The van der Waals surface area contributed by atoms with Gasteiger partial charge in [0.25, 0.3) is 0 Å². The molecule has 2 unspecified atom stereocenters. The Morgan fingerprint density at radius 2 is 1.27 bits per heavy atom. The van der Waals surface area contributed by atoms with Gasteiger partial charge in [-0.1, -0.05) is 72.1 Å². The van der Waals surface area contributed by atoms with Crippen molar-refractivity contribution in [3.63, 3.8) is 0 Å². The van der Waals surface area contributed by atoms with Crippen LogP contribution in [0, 0.1) is 5.92 Å². The van der Waals surface area contributed by atoms with E-state index in [1.807, 2.05) is 0 Å². The first-order valence-corrected chi connectivity index (χ1v) is 11.5. The lowest BCUT2D eigenvalue weighted by Crippen LogP contribution is -2.23. The molecule has 0 aromatic rings. The molecule has 0 radical (unpaired) electrons. The molecular weight excluding hydrogens is 291 g/mol. The van der Waals surface area contributed by atoms with Crippen molar-refractivity contribution in [1.82, 2.24) is 0 Å². The van der Waals surface area contributed by atoms with Crippen LogP contribution in [0.2, 0.25) is 0 Å². The van der Waals surface area contributed by atoms with E-state index in [1.165, 1.54) is 96.1 Å². The first kappa shape index (κ1) is 18.2. The lowest BCUT2D eigenvalue weighted by molar-refractivity contribution is -0.134. The van der Waals surface area contributed by atoms with E-state index in [9.17, 15) is 9.90 Å². The van der Waals surface area contributed by atoms with Gasteiger partial charge in [-0.05, 0) is 43.4 Å². The fraction of sp³-hybridized carbons (Fsp3) is 0.947. The summed E-state index contributed by atoms with van der Waals surface area (Å²) < 4.78 is 0. The number of carboxylic acids is 1. The summed E-state index contributed by atoms with van der Waals surface area (Å²) in [6.45, 7) is 0. The molecule has 128 valence electrons. The van der Waals surface area contributed by atoms with E-state index in [1.54, 1.807) is 0 Å². The van der Waals surface area contributed by atoms with Gasteiger partial charge >= 0.3 is 5.97 Å². The summed E-state index contributed by atoms with van der Waals surface area (Å²) in [4.78, 5) is 11.4. The molecule has 0 aromatic heterocycles. The second kappa shape index (κ2) is 10.6. The Bertz CT molecular complexity index is 309. The third-order valence-corrected chi connectivity index (χ3v) is 8.88. The standard InChI is InChI=1S/C19H35O2P/c20-19(21)16-22-15-11-7-3-6-10-14-18(22)17-12-8-4-1-2-5-9-13-17/h17-18H,1-16H2,(H,20,21). The van der Waals surface area contributed by atoms with Crippen LogP contribution in [-0.2, 0) is 4.79 Å². The van der Waals surface area contributed by atoms with E-state index in [0.717, 1.165) is 11.6 Å². The van der Waals surface area contributed by atoms with Gasteiger partial charge < -0.3 is 5.11 Å². The van der Waals surface area contributed by atoms with Gasteiger partial charge in [-0.25, -0.2) is 0 Å². The van der Waals surface area contributed by atoms with Crippen molar-refractivity contribution >= 4 is 13.9 Å². The van der Waals surface area contributed by atoms with E-state index < -0.39 is 5.97 Å². The predicted molar refractivity (Wildman–Crippen MR) is 96.2 cm³/mol. The fourth-order valence-electron chi connectivity index (χ4n) is 4.50. The Labute approximate surface area is 138 Å². The Balaban J connectivity index is 2.04. The monoisotopic (exact) mass is 326 g/mol. The van der Waals surface area contributed by atoms with Gasteiger partial charge in [0.2, 0.25) is 0 Å². The van der Waals surface area contributed by atoms with Crippen molar-refractivity contribution in [2.45, 2.75) is 95.6 Å². The quantitative estimate of drug-likeness (QED) is 0.643. The summed E-state index contributed by atoms with van der Waals surface area (Å²) in [6, 6.07) is 0. The highest BCUT2D eigenvalue weighted by Crippen LogP contribution is 2.51. The number of carbonyl (C=O) groups is 1. The average molecular weight is 326 g/mol. The van der Waals surface area contributed by atoms with E-state index in [0.29, 0.717) is 6.16 Å². The van der Waals surface area contributed by atoms with Crippen molar-refractivity contribution < 1.29 is 9.90 Å². The minimum Gasteiger partial charge on any atom is -0.481 e. The van der Waals surface area contributed by atoms with E-state index in [2.05, 4.69) is 0 Å². The molecule has 0 aromatic carbocycles. The van der Waals surface area contributed by atoms with E-state index in [4.69, 9.17) is 0 Å². The molecule has 1 saturated heterocycles. The zero-order chi connectivity index (χ0) is 15.6. The van der Waals surface area contributed by atoms with Crippen molar-refractivity contribution in [1.29, 1.82) is 0 Å². The van der Waals surface area contributed by atoms with Crippen LogP contribution in [0.15, 0.2) is 0 Å². The average Bonchev–Trinajstić information content (AvgIpc) is 2.68. The van der Waals surface area contributed by atoms with Crippen LogP contribution in [0.1, 0.15) is 89.9 Å². The first-order valence-electron chi connectivity index (χ1n) is 9.73. The molecule has 2 fully saturated rings. The number of carboxylic acid groups (broad SMARTS) is 1. The SMILES string of the molecule is O=C(O)CP1CCCCCCCC1C1CCCCCCCC1. The van der Waals surface area contributed by atoms with Gasteiger partial charge in [0.1, 0.15) is 0 Å². The van der Waals surface area contributed by atoms with Crippen LogP contribution < -0.4 is 0 Å². The Hall–Kier alpha value is -0.100. The van der Waals surface area contributed by atoms with Gasteiger partial charge in [0.15, 0.2) is 0 Å². The summed E-state index contributed by atoms with van der Waals surface area (Å²) >= 11 is 0. The second-order valence-electron chi connectivity index (χ2n) is 7.45. The molecule has 1 saturated carbocycles. The maximum absolute atomic E-state index is 11.4. The predicted octanol–water partition coefficient (Wildman–Crippen LogP) is 6.03. The molecular formula is C19H35O2P. The Kier molecular flexibility index (Phi) is 8.82. The first-order chi connectivity index (χ1) is 10.8. The van der Waals surface area contributed by atoms with Crippen LogP contribution in [-0.4, -0.2) is 29.1 Å².